The number of aliphatic hydroxyl groups excluding tert-OH is 1. The number of nitrogens with one attached hydrogen (secondary N) is 1. The molecule has 1 aromatic rings. The van der Waals surface area contributed by atoms with Crippen molar-refractivity contribution < 1.29 is 18.3 Å². The maximum atomic E-state index is 11.2. The number of hydrogen-bond donors (Lipinski definition) is 4. The van der Waals surface area contributed by atoms with Crippen molar-refractivity contribution in [1.82, 2.24) is 0 Å². The van der Waals surface area contributed by atoms with E-state index in [0.29, 0.717) is 0 Å². The Labute approximate surface area is 98.5 Å². The second-order valence-electron chi connectivity index (χ2n) is 3.34. The fraction of sp³-hybridized carbons (Fsp3) is 0.222. The number of sulfonamides is 1. The van der Waals surface area contributed by atoms with E-state index in [1.54, 1.807) is 6.07 Å². The van der Waals surface area contributed by atoms with Crippen LogP contribution in [0.5, 0.6) is 0 Å². The average Bonchev–Trinajstić information content (AvgIpc) is 2.24. The quantitative estimate of drug-likeness (QED) is 0.515. The molecule has 1 amide bonds. The van der Waals surface area contributed by atoms with Crippen LogP contribution < -0.4 is 16.2 Å². The van der Waals surface area contributed by atoms with Crippen LogP contribution in [0.1, 0.15) is 0 Å². The van der Waals surface area contributed by atoms with Gasteiger partial charge in [-0.05, 0) is 12.1 Å². The molecule has 8 heteroatoms. The molecule has 0 saturated heterocycles. The molecule has 0 bridgehead atoms. The highest BCUT2D eigenvalue weighted by Crippen LogP contribution is 2.18. The Morgan fingerprint density at radius 3 is 2.53 bits per heavy atom. The van der Waals surface area contributed by atoms with E-state index in [4.69, 9.17) is 16.0 Å². The molecule has 94 valence electrons. The number of para-hydroxylation sites is 1. The predicted octanol–water partition coefficient (Wildman–Crippen LogP) is -1.41. The van der Waals surface area contributed by atoms with Gasteiger partial charge in [0, 0.05) is 6.54 Å². The Kier molecular flexibility index (Phi) is 4.05. The van der Waals surface area contributed by atoms with Crippen molar-refractivity contribution in [3.05, 3.63) is 24.3 Å². The van der Waals surface area contributed by atoms with Gasteiger partial charge in [-0.2, -0.15) is 0 Å². The average molecular weight is 259 g/mol. The van der Waals surface area contributed by atoms with Gasteiger partial charge in [0.05, 0.1) is 5.69 Å². The zero-order valence-corrected chi connectivity index (χ0v) is 9.65. The van der Waals surface area contributed by atoms with Crippen LogP contribution in [0.3, 0.4) is 0 Å². The van der Waals surface area contributed by atoms with Crippen molar-refractivity contribution >= 4 is 21.6 Å². The van der Waals surface area contributed by atoms with Crippen molar-refractivity contribution in [2.45, 2.75) is 11.0 Å². The number of benzene rings is 1. The smallest absolute Gasteiger partial charge is 0.248 e. The topological polar surface area (TPSA) is 136 Å². The minimum absolute atomic E-state index is 0.114. The summed E-state index contributed by atoms with van der Waals surface area (Å²) in [5.74, 6) is -0.898. The van der Waals surface area contributed by atoms with Crippen LogP contribution in [0.25, 0.3) is 0 Å². The number of carbonyl (C=O) groups excluding carboxylic acids is 1. The first kappa shape index (κ1) is 13.4. The number of aliphatic hydroxyl groups is 1. The van der Waals surface area contributed by atoms with E-state index in [1.807, 2.05) is 0 Å². The first-order valence-electron chi connectivity index (χ1n) is 4.65. The zero-order valence-electron chi connectivity index (χ0n) is 8.83. The Bertz CT molecular complexity index is 515. The fourth-order valence-corrected chi connectivity index (χ4v) is 1.88. The van der Waals surface area contributed by atoms with Gasteiger partial charge in [-0.1, -0.05) is 12.1 Å². The van der Waals surface area contributed by atoms with E-state index in [-0.39, 0.29) is 17.1 Å². The Balaban J connectivity index is 2.89. The van der Waals surface area contributed by atoms with Crippen LogP contribution in [-0.2, 0) is 14.8 Å². The van der Waals surface area contributed by atoms with Gasteiger partial charge in [-0.3, -0.25) is 4.79 Å². The van der Waals surface area contributed by atoms with Gasteiger partial charge in [0.2, 0.25) is 15.9 Å². The second kappa shape index (κ2) is 5.13. The Morgan fingerprint density at radius 1 is 1.41 bits per heavy atom. The van der Waals surface area contributed by atoms with E-state index in [0.717, 1.165) is 0 Å². The van der Waals surface area contributed by atoms with E-state index in [1.165, 1.54) is 18.2 Å². The minimum Gasteiger partial charge on any atom is -0.381 e. The molecule has 1 unspecified atom stereocenters. The third-order valence-electron chi connectivity index (χ3n) is 2.01. The third-order valence-corrected chi connectivity index (χ3v) is 2.98. The summed E-state index contributed by atoms with van der Waals surface area (Å²) in [6, 6.07) is 5.88. The molecule has 6 N–H and O–H groups in total. The summed E-state index contributed by atoms with van der Waals surface area (Å²) in [7, 11) is -3.86. The molecular weight excluding hydrogens is 246 g/mol. The maximum absolute atomic E-state index is 11.2. The summed E-state index contributed by atoms with van der Waals surface area (Å²) < 4.78 is 22.4. The van der Waals surface area contributed by atoms with Gasteiger partial charge in [0.25, 0.3) is 0 Å². The molecule has 0 aliphatic heterocycles. The molecule has 0 heterocycles. The monoisotopic (exact) mass is 259 g/mol. The number of primary sulfonamides is 1. The van der Waals surface area contributed by atoms with E-state index >= 15 is 0 Å². The summed E-state index contributed by atoms with van der Waals surface area (Å²) in [5.41, 5.74) is 5.06. The minimum atomic E-state index is -3.86. The van der Waals surface area contributed by atoms with E-state index in [2.05, 4.69) is 5.32 Å². The number of nitrogens with two attached hydrogens (primary N) is 2. The largest absolute Gasteiger partial charge is 0.381 e. The number of rotatable bonds is 5. The maximum Gasteiger partial charge on any atom is 0.248 e. The van der Waals surface area contributed by atoms with Crippen LogP contribution >= 0.6 is 0 Å². The molecule has 1 atom stereocenters. The Hall–Kier alpha value is -1.64. The van der Waals surface area contributed by atoms with Crippen LogP contribution in [0.2, 0.25) is 0 Å². The molecule has 1 aromatic carbocycles. The number of primary amides is 1. The molecule has 0 radical (unpaired) electrons. The second-order valence-corrected chi connectivity index (χ2v) is 4.87. The fourth-order valence-electron chi connectivity index (χ4n) is 1.17. The lowest BCUT2D eigenvalue weighted by Crippen LogP contribution is -2.34. The van der Waals surface area contributed by atoms with E-state index < -0.39 is 22.0 Å². The zero-order chi connectivity index (χ0) is 13.1. The van der Waals surface area contributed by atoms with Crippen molar-refractivity contribution in [3.8, 4) is 0 Å². The molecule has 0 spiro atoms. The van der Waals surface area contributed by atoms with Crippen molar-refractivity contribution in [3.63, 3.8) is 0 Å². The van der Waals surface area contributed by atoms with Crippen molar-refractivity contribution in [2.75, 3.05) is 11.9 Å². The summed E-state index contributed by atoms with van der Waals surface area (Å²) in [6.45, 7) is -0.193. The highest BCUT2D eigenvalue weighted by atomic mass is 32.2. The van der Waals surface area contributed by atoms with E-state index in [9.17, 15) is 13.2 Å². The third kappa shape index (κ3) is 3.70. The summed E-state index contributed by atoms with van der Waals surface area (Å²) in [6.07, 6.45) is -1.40. The van der Waals surface area contributed by atoms with Crippen LogP contribution in [0.15, 0.2) is 29.2 Å². The van der Waals surface area contributed by atoms with Gasteiger partial charge >= 0.3 is 0 Å². The molecule has 0 fully saturated rings. The summed E-state index contributed by atoms with van der Waals surface area (Å²) >= 11 is 0. The van der Waals surface area contributed by atoms with Gasteiger partial charge < -0.3 is 16.2 Å². The first-order valence-corrected chi connectivity index (χ1v) is 6.20. The first-order chi connectivity index (χ1) is 7.82. The Morgan fingerprint density at radius 2 is 2.00 bits per heavy atom. The highest BCUT2D eigenvalue weighted by Gasteiger charge is 2.15. The lowest BCUT2D eigenvalue weighted by molar-refractivity contribution is -0.125. The standard InChI is InChI=1S/C9H13N3O4S/c10-9(14)7(13)5-12-6-3-1-2-4-8(6)17(11,15)16/h1-4,7,12-13H,5H2,(H2,10,14)(H2,11,15,16). The SMILES string of the molecule is NC(=O)C(O)CNc1ccccc1S(N)(=O)=O. The number of amides is 1. The molecule has 0 aromatic heterocycles. The molecule has 0 aliphatic carbocycles. The lowest BCUT2D eigenvalue weighted by Gasteiger charge is -2.12. The number of hydrogen-bond acceptors (Lipinski definition) is 5. The summed E-state index contributed by atoms with van der Waals surface area (Å²) in [5, 5.41) is 16.8. The van der Waals surface area contributed by atoms with Crippen LogP contribution in [0, 0.1) is 0 Å². The highest BCUT2D eigenvalue weighted by molar-refractivity contribution is 7.89. The molecule has 1 rings (SSSR count). The number of carbonyl (C=O) groups is 1. The van der Waals surface area contributed by atoms with Crippen molar-refractivity contribution in [2.24, 2.45) is 10.9 Å². The predicted molar refractivity (Wildman–Crippen MR) is 61.5 cm³/mol. The molecule has 7 nitrogen and oxygen atoms in total. The van der Waals surface area contributed by atoms with Gasteiger partial charge in [0.1, 0.15) is 11.0 Å². The molecule has 0 saturated carbocycles. The van der Waals surface area contributed by atoms with Crippen molar-refractivity contribution in [1.29, 1.82) is 0 Å². The summed E-state index contributed by atoms with van der Waals surface area (Å²) in [4.78, 5) is 10.5. The van der Waals surface area contributed by atoms with Gasteiger partial charge in [-0.15, -0.1) is 0 Å². The number of anilines is 1. The molecule has 0 aliphatic rings. The molecule has 17 heavy (non-hydrogen) atoms. The van der Waals surface area contributed by atoms with Crippen LogP contribution in [-0.4, -0.2) is 32.1 Å². The van der Waals surface area contributed by atoms with Crippen LogP contribution in [0.4, 0.5) is 5.69 Å². The molecular formula is C9H13N3O4S. The van der Waals surface area contributed by atoms with Gasteiger partial charge in [0.15, 0.2) is 0 Å². The normalized spacial score (nSPS) is 13.1. The lowest BCUT2D eigenvalue weighted by atomic mass is 10.3. The van der Waals surface area contributed by atoms with Gasteiger partial charge in [-0.25, -0.2) is 13.6 Å².